The molecule has 0 aromatic heterocycles. The number of hydrogen-bond acceptors (Lipinski definition) is 4. The molecule has 0 saturated heterocycles. The van der Waals surface area contributed by atoms with E-state index in [2.05, 4.69) is 0 Å². The van der Waals surface area contributed by atoms with Gasteiger partial charge in [0, 0.05) is 6.07 Å². The van der Waals surface area contributed by atoms with Gasteiger partial charge in [-0.25, -0.2) is 4.79 Å². The van der Waals surface area contributed by atoms with Crippen LogP contribution >= 0.6 is 0 Å². The molecule has 0 unspecified atom stereocenters. The van der Waals surface area contributed by atoms with Gasteiger partial charge in [-0.1, -0.05) is 18.2 Å². The first-order chi connectivity index (χ1) is 9.24. The fourth-order valence-corrected chi connectivity index (χ4v) is 1.90. The molecule has 0 aliphatic carbocycles. The predicted octanol–water partition coefficient (Wildman–Crippen LogP) is 2.94. The van der Waals surface area contributed by atoms with Gasteiger partial charge in [-0.2, -0.15) is 0 Å². The van der Waals surface area contributed by atoms with Crippen molar-refractivity contribution in [1.82, 2.24) is 0 Å². The first-order valence-electron chi connectivity index (χ1n) is 5.91. The lowest BCUT2D eigenvalue weighted by molar-refractivity contribution is 0.0734. The second kappa shape index (κ2) is 4.65. The van der Waals surface area contributed by atoms with E-state index >= 15 is 0 Å². The van der Waals surface area contributed by atoms with Crippen LogP contribution in [0.5, 0.6) is 17.2 Å². The zero-order chi connectivity index (χ0) is 13.2. The van der Waals surface area contributed by atoms with E-state index in [1.165, 1.54) is 0 Å². The first kappa shape index (κ1) is 11.6. The topological polar surface area (TPSA) is 44.8 Å². The molecule has 96 valence electrons. The summed E-state index contributed by atoms with van der Waals surface area (Å²) in [6, 6.07) is 12.4. The highest BCUT2D eigenvalue weighted by Gasteiger charge is 2.16. The summed E-state index contributed by atoms with van der Waals surface area (Å²) in [4.78, 5) is 12.0. The predicted molar refractivity (Wildman–Crippen MR) is 68.7 cm³/mol. The summed E-state index contributed by atoms with van der Waals surface area (Å²) in [6.07, 6.45) is 0. The van der Waals surface area contributed by atoms with E-state index in [1.54, 1.807) is 24.3 Å². The molecule has 0 amide bonds. The number of carbonyl (C=O) groups excluding carboxylic acids is 1. The van der Waals surface area contributed by atoms with Gasteiger partial charge in [-0.3, -0.25) is 0 Å². The number of carbonyl (C=O) groups is 1. The monoisotopic (exact) mass is 256 g/mol. The van der Waals surface area contributed by atoms with E-state index in [0.29, 0.717) is 22.8 Å². The van der Waals surface area contributed by atoms with Crippen molar-refractivity contribution in [2.24, 2.45) is 0 Å². The maximum absolute atomic E-state index is 12.0. The van der Waals surface area contributed by atoms with Crippen molar-refractivity contribution in [2.75, 3.05) is 6.79 Å². The third-order valence-corrected chi connectivity index (χ3v) is 2.92. The number of aryl methyl sites for hydroxylation is 1. The molecular formula is C15H12O4. The molecule has 0 saturated carbocycles. The van der Waals surface area contributed by atoms with Crippen LogP contribution in [0.1, 0.15) is 15.9 Å². The average molecular weight is 256 g/mol. The number of ether oxygens (including phenoxy) is 3. The minimum atomic E-state index is -0.378. The molecule has 1 heterocycles. The third kappa shape index (κ3) is 2.25. The molecule has 3 rings (SSSR count). The minimum absolute atomic E-state index is 0.199. The van der Waals surface area contributed by atoms with Gasteiger partial charge >= 0.3 is 5.97 Å². The first-order valence-corrected chi connectivity index (χ1v) is 5.91. The molecule has 1 aliphatic heterocycles. The molecule has 0 bridgehead atoms. The van der Waals surface area contributed by atoms with E-state index in [4.69, 9.17) is 14.2 Å². The van der Waals surface area contributed by atoms with E-state index in [1.807, 2.05) is 25.1 Å². The Morgan fingerprint density at radius 2 is 1.89 bits per heavy atom. The van der Waals surface area contributed by atoms with Crippen LogP contribution in [0.2, 0.25) is 0 Å². The summed E-state index contributed by atoms with van der Waals surface area (Å²) >= 11 is 0. The zero-order valence-electron chi connectivity index (χ0n) is 10.4. The molecule has 0 fully saturated rings. The number of esters is 1. The Labute approximate surface area is 110 Å². The van der Waals surface area contributed by atoms with Gasteiger partial charge < -0.3 is 14.2 Å². The van der Waals surface area contributed by atoms with Gasteiger partial charge in [0.05, 0.1) is 5.56 Å². The third-order valence-electron chi connectivity index (χ3n) is 2.92. The Morgan fingerprint density at radius 3 is 2.74 bits per heavy atom. The van der Waals surface area contributed by atoms with E-state index < -0.39 is 0 Å². The van der Waals surface area contributed by atoms with Crippen molar-refractivity contribution in [3.8, 4) is 17.2 Å². The normalized spacial score (nSPS) is 12.3. The molecule has 4 heteroatoms. The Bertz CT molecular complexity index is 634. The van der Waals surface area contributed by atoms with Crippen LogP contribution in [0.4, 0.5) is 0 Å². The summed E-state index contributed by atoms with van der Waals surface area (Å²) in [5, 5.41) is 0. The lowest BCUT2D eigenvalue weighted by Crippen LogP contribution is -2.09. The smallest absolute Gasteiger partial charge is 0.343 e. The van der Waals surface area contributed by atoms with Crippen LogP contribution in [0.15, 0.2) is 42.5 Å². The molecule has 0 N–H and O–H groups in total. The van der Waals surface area contributed by atoms with Crippen molar-refractivity contribution in [2.45, 2.75) is 6.92 Å². The van der Waals surface area contributed by atoms with Gasteiger partial charge in [-0.05, 0) is 30.7 Å². The van der Waals surface area contributed by atoms with E-state index in [-0.39, 0.29) is 12.8 Å². The summed E-state index contributed by atoms with van der Waals surface area (Å²) in [7, 11) is 0. The van der Waals surface area contributed by atoms with Crippen molar-refractivity contribution in [3.63, 3.8) is 0 Å². The van der Waals surface area contributed by atoms with Crippen LogP contribution in [0.25, 0.3) is 0 Å². The summed E-state index contributed by atoms with van der Waals surface area (Å²) < 4.78 is 15.8. The molecular weight excluding hydrogens is 244 g/mol. The van der Waals surface area contributed by atoms with Gasteiger partial charge in [0.15, 0.2) is 11.5 Å². The molecule has 0 spiro atoms. The lowest BCUT2D eigenvalue weighted by Gasteiger charge is -2.07. The van der Waals surface area contributed by atoms with Gasteiger partial charge in [0.2, 0.25) is 6.79 Å². The van der Waals surface area contributed by atoms with Crippen LogP contribution < -0.4 is 14.2 Å². The van der Waals surface area contributed by atoms with Crippen molar-refractivity contribution >= 4 is 5.97 Å². The number of hydrogen-bond donors (Lipinski definition) is 0. The van der Waals surface area contributed by atoms with Crippen LogP contribution in [0, 0.1) is 6.92 Å². The molecule has 19 heavy (non-hydrogen) atoms. The molecule has 1 aliphatic rings. The summed E-state index contributed by atoms with van der Waals surface area (Å²) in [5.41, 5.74) is 1.44. The lowest BCUT2D eigenvalue weighted by atomic mass is 10.1. The number of fused-ring (bicyclic) bond motifs is 1. The SMILES string of the molecule is Cc1ccccc1C(=O)Oc1ccc2c(c1)OCO2. The maximum Gasteiger partial charge on any atom is 0.343 e. The van der Waals surface area contributed by atoms with Crippen LogP contribution in [0.3, 0.4) is 0 Å². The fourth-order valence-electron chi connectivity index (χ4n) is 1.90. The Kier molecular flexibility index (Phi) is 2.83. The molecule has 2 aromatic carbocycles. The average Bonchev–Trinajstić information content (AvgIpc) is 2.86. The van der Waals surface area contributed by atoms with Gasteiger partial charge in [0.25, 0.3) is 0 Å². The highest BCUT2D eigenvalue weighted by Crippen LogP contribution is 2.35. The second-order valence-electron chi connectivity index (χ2n) is 4.22. The highest BCUT2D eigenvalue weighted by molar-refractivity contribution is 5.92. The van der Waals surface area contributed by atoms with Crippen molar-refractivity contribution in [3.05, 3.63) is 53.6 Å². The van der Waals surface area contributed by atoms with Gasteiger partial charge in [-0.15, -0.1) is 0 Å². The standard InChI is InChI=1S/C15H12O4/c1-10-4-2-3-5-12(10)15(16)19-11-6-7-13-14(8-11)18-9-17-13/h2-8H,9H2,1H3. The minimum Gasteiger partial charge on any atom is -0.454 e. The van der Waals surface area contributed by atoms with Gasteiger partial charge in [0.1, 0.15) is 5.75 Å². The Morgan fingerprint density at radius 1 is 1.11 bits per heavy atom. The Balaban J connectivity index is 1.82. The van der Waals surface area contributed by atoms with E-state index in [0.717, 1.165) is 5.56 Å². The molecule has 4 nitrogen and oxygen atoms in total. The zero-order valence-corrected chi connectivity index (χ0v) is 10.4. The highest BCUT2D eigenvalue weighted by atomic mass is 16.7. The molecule has 0 radical (unpaired) electrons. The van der Waals surface area contributed by atoms with Crippen molar-refractivity contribution < 1.29 is 19.0 Å². The molecule has 0 atom stereocenters. The second-order valence-corrected chi connectivity index (χ2v) is 4.22. The largest absolute Gasteiger partial charge is 0.454 e. The van der Waals surface area contributed by atoms with Crippen LogP contribution in [-0.4, -0.2) is 12.8 Å². The molecule has 2 aromatic rings. The summed E-state index contributed by atoms with van der Waals surface area (Å²) in [5.74, 6) is 1.32. The maximum atomic E-state index is 12.0. The quantitative estimate of drug-likeness (QED) is 0.612. The Hall–Kier alpha value is -2.49. The van der Waals surface area contributed by atoms with Crippen LogP contribution in [-0.2, 0) is 0 Å². The number of benzene rings is 2. The fraction of sp³-hybridized carbons (Fsp3) is 0.133. The van der Waals surface area contributed by atoms with Crippen molar-refractivity contribution in [1.29, 1.82) is 0 Å². The number of rotatable bonds is 2. The summed E-state index contributed by atoms with van der Waals surface area (Å²) in [6.45, 7) is 2.07. The van der Waals surface area contributed by atoms with E-state index in [9.17, 15) is 4.79 Å².